The molecule has 1 N–H and O–H groups in total. The van der Waals surface area contributed by atoms with E-state index in [4.69, 9.17) is 6.42 Å². The summed E-state index contributed by atoms with van der Waals surface area (Å²) in [4.78, 5) is 2.61. The number of piperazine rings is 1. The van der Waals surface area contributed by atoms with E-state index in [1.165, 1.54) is 19.3 Å². The maximum atomic E-state index is 5.42. The normalized spacial score (nSPS) is 28.6. The number of rotatable bonds is 5. The average molecular weight is 222 g/mol. The molecule has 1 rings (SSSR count). The molecule has 3 unspecified atom stereocenters. The quantitative estimate of drug-likeness (QED) is 0.718. The van der Waals surface area contributed by atoms with Gasteiger partial charge in [-0.3, -0.25) is 4.90 Å². The molecule has 1 aliphatic rings. The van der Waals surface area contributed by atoms with E-state index >= 15 is 0 Å². The molecule has 92 valence electrons. The molecular weight excluding hydrogens is 196 g/mol. The van der Waals surface area contributed by atoms with E-state index in [1.54, 1.807) is 0 Å². The Bertz CT molecular complexity index is 231. The van der Waals surface area contributed by atoms with Crippen LogP contribution in [0.1, 0.15) is 46.5 Å². The number of nitrogens with zero attached hydrogens (tertiary/aromatic N) is 1. The lowest BCUT2D eigenvalue weighted by molar-refractivity contribution is 0.0857. The Labute approximate surface area is 101 Å². The second-order valence-electron chi connectivity index (χ2n) is 4.91. The molecule has 0 aromatic rings. The van der Waals surface area contributed by atoms with Gasteiger partial charge < -0.3 is 5.32 Å². The van der Waals surface area contributed by atoms with Crippen LogP contribution in [0.2, 0.25) is 0 Å². The molecular formula is C14H26N2. The molecule has 0 aliphatic carbocycles. The fourth-order valence-electron chi connectivity index (χ4n) is 2.64. The highest BCUT2D eigenvalue weighted by Gasteiger charge is 2.28. The number of hydrogen-bond donors (Lipinski definition) is 1. The summed E-state index contributed by atoms with van der Waals surface area (Å²) in [6, 6.07) is 1.85. The van der Waals surface area contributed by atoms with Crippen molar-refractivity contribution in [1.82, 2.24) is 10.2 Å². The summed E-state index contributed by atoms with van der Waals surface area (Å²) in [7, 11) is 0. The maximum Gasteiger partial charge on any atom is 0.0240 e. The van der Waals surface area contributed by atoms with E-state index in [-0.39, 0.29) is 0 Å². The molecule has 2 heteroatoms. The van der Waals surface area contributed by atoms with Gasteiger partial charge in [-0.1, -0.05) is 20.3 Å². The zero-order valence-corrected chi connectivity index (χ0v) is 11.0. The fraction of sp³-hybridized carbons (Fsp3) is 0.857. The Morgan fingerprint density at radius 2 is 2.25 bits per heavy atom. The van der Waals surface area contributed by atoms with Crippen LogP contribution in [-0.4, -0.2) is 36.1 Å². The van der Waals surface area contributed by atoms with Crippen molar-refractivity contribution >= 4 is 0 Å². The zero-order chi connectivity index (χ0) is 12.0. The van der Waals surface area contributed by atoms with Crippen LogP contribution in [0.4, 0.5) is 0 Å². The lowest BCUT2D eigenvalue weighted by Crippen LogP contribution is -2.58. The van der Waals surface area contributed by atoms with Crippen LogP contribution in [0.25, 0.3) is 0 Å². The number of terminal acetylenes is 1. The lowest BCUT2D eigenvalue weighted by Gasteiger charge is -2.43. The Hall–Kier alpha value is -0.520. The van der Waals surface area contributed by atoms with Crippen molar-refractivity contribution < 1.29 is 0 Å². The van der Waals surface area contributed by atoms with Gasteiger partial charge in [0.15, 0.2) is 0 Å². The van der Waals surface area contributed by atoms with E-state index in [1.807, 2.05) is 0 Å². The van der Waals surface area contributed by atoms with Crippen molar-refractivity contribution in [3.05, 3.63) is 0 Å². The maximum absolute atomic E-state index is 5.42. The molecule has 16 heavy (non-hydrogen) atoms. The molecule has 0 radical (unpaired) electrons. The van der Waals surface area contributed by atoms with Crippen LogP contribution in [0.15, 0.2) is 0 Å². The van der Waals surface area contributed by atoms with Gasteiger partial charge in [0.2, 0.25) is 0 Å². The Morgan fingerprint density at radius 1 is 1.50 bits per heavy atom. The molecule has 0 aromatic heterocycles. The van der Waals surface area contributed by atoms with Crippen LogP contribution >= 0.6 is 0 Å². The van der Waals surface area contributed by atoms with Crippen molar-refractivity contribution in [2.45, 2.75) is 64.6 Å². The third kappa shape index (κ3) is 3.50. The molecule has 1 fully saturated rings. The highest BCUT2D eigenvalue weighted by atomic mass is 15.2. The second kappa shape index (κ2) is 6.93. The third-order valence-corrected chi connectivity index (χ3v) is 3.63. The highest BCUT2D eigenvalue weighted by Crippen LogP contribution is 2.17. The first kappa shape index (κ1) is 13.5. The van der Waals surface area contributed by atoms with E-state index < -0.39 is 0 Å². The minimum atomic E-state index is 0.524. The zero-order valence-electron chi connectivity index (χ0n) is 11.0. The number of hydrogen-bond acceptors (Lipinski definition) is 2. The Kier molecular flexibility index (Phi) is 5.87. The minimum absolute atomic E-state index is 0.524. The van der Waals surface area contributed by atoms with Gasteiger partial charge in [0.1, 0.15) is 0 Å². The first-order valence-corrected chi connectivity index (χ1v) is 6.65. The van der Waals surface area contributed by atoms with E-state index in [2.05, 4.69) is 36.9 Å². The van der Waals surface area contributed by atoms with Crippen LogP contribution in [0.3, 0.4) is 0 Å². The summed E-state index contributed by atoms with van der Waals surface area (Å²) in [6.45, 7) is 9.06. The van der Waals surface area contributed by atoms with E-state index in [0.29, 0.717) is 18.1 Å². The minimum Gasteiger partial charge on any atom is -0.311 e. The van der Waals surface area contributed by atoms with Crippen LogP contribution < -0.4 is 5.32 Å². The third-order valence-electron chi connectivity index (χ3n) is 3.63. The summed E-state index contributed by atoms with van der Waals surface area (Å²) in [5, 5.41) is 3.65. The van der Waals surface area contributed by atoms with Gasteiger partial charge in [-0.15, -0.1) is 12.3 Å². The van der Waals surface area contributed by atoms with Gasteiger partial charge in [0.05, 0.1) is 0 Å². The molecule has 0 saturated carbocycles. The predicted octanol–water partition coefficient (Wildman–Crippen LogP) is 2.25. The molecule has 1 heterocycles. The molecule has 0 spiro atoms. The van der Waals surface area contributed by atoms with E-state index in [0.717, 1.165) is 19.5 Å². The molecule has 0 bridgehead atoms. The van der Waals surface area contributed by atoms with Crippen molar-refractivity contribution in [1.29, 1.82) is 0 Å². The van der Waals surface area contributed by atoms with Crippen LogP contribution in [0, 0.1) is 12.3 Å². The Morgan fingerprint density at radius 3 is 2.81 bits per heavy atom. The summed E-state index contributed by atoms with van der Waals surface area (Å²) in [5.41, 5.74) is 0. The Balaban J connectivity index is 2.56. The van der Waals surface area contributed by atoms with Gasteiger partial charge in [0, 0.05) is 37.6 Å². The van der Waals surface area contributed by atoms with Crippen LogP contribution in [0.5, 0.6) is 0 Å². The molecule has 3 atom stereocenters. The summed E-state index contributed by atoms with van der Waals surface area (Å²) >= 11 is 0. The van der Waals surface area contributed by atoms with Gasteiger partial charge in [-0.25, -0.2) is 0 Å². The summed E-state index contributed by atoms with van der Waals surface area (Å²) in [6.07, 6.45) is 10.0. The van der Waals surface area contributed by atoms with E-state index in [9.17, 15) is 0 Å². The molecule has 0 amide bonds. The van der Waals surface area contributed by atoms with Crippen molar-refractivity contribution in [2.75, 3.05) is 13.1 Å². The molecule has 2 nitrogen and oxygen atoms in total. The van der Waals surface area contributed by atoms with Crippen molar-refractivity contribution in [2.24, 2.45) is 0 Å². The molecule has 1 aliphatic heterocycles. The van der Waals surface area contributed by atoms with Crippen molar-refractivity contribution in [3.8, 4) is 12.3 Å². The van der Waals surface area contributed by atoms with Crippen molar-refractivity contribution in [3.63, 3.8) is 0 Å². The first-order valence-electron chi connectivity index (χ1n) is 6.65. The van der Waals surface area contributed by atoms with Gasteiger partial charge in [0.25, 0.3) is 0 Å². The topological polar surface area (TPSA) is 15.3 Å². The highest BCUT2D eigenvalue weighted by molar-refractivity contribution is 4.94. The SMILES string of the molecule is C#CCC(C)N1CC(CCC)NCC1CC. The standard InChI is InChI=1S/C14H26N2/c1-5-8-12(4)16-11-13(9-6-2)15-10-14(16)7-3/h1,12-15H,6-11H2,2-4H3. The van der Waals surface area contributed by atoms with Gasteiger partial charge in [-0.05, 0) is 19.8 Å². The largest absolute Gasteiger partial charge is 0.311 e. The first-order chi connectivity index (χ1) is 7.72. The van der Waals surface area contributed by atoms with Gasteiger partial charge in [-0.2, -0.15) is 0 Å². The lowest BCUT2D eigenvalue weighted by atomic mass is 10.0. The number of nitrogens with one attached hydrogen (secondary N) is 1. The predicted molar refractivity (Wildman–Crippen MR) is 70.4 cm³/mol. The fourth-order valence-corrected chi connectivity index (χ4v) is 2.64. The smallest absolute Gasteiger partial charge is 0.0240 e. The van der Waals surface area contributed by atoms with Gasteiger partial charge >= 0.3 is 0 Å². The molecule has 1 saturated heterocycles. The monoisotopic (exact) mass is 222 g/mol. The molecule has 0 aromatic carbocycles. The summed E-state index contributed by atoms with van der Waals surface area (Å²) < 4.78 is 0. The average Bonchev–Trinajstić information content (AvgIpc) is 2.30. The van der Waals surface area contributed by atoms with Crippen LogP contribution in [-0.2, 0) is 0 Å². The second-order valence-corrected chi connectivity index (χ2v) is 4.91. The summed E-state index contributed by atoms with van der Waals surface area (Å²) in [5.74, 6) is 2.79.